The number of nitrogens with zero attached hydrogens (tertiary/aromatic N) is 2. The second-order valence-corrected chi connectivity index (χ2v) is 5.95. The zero-order valence-electron chi connectivity index (χ0n) is 15.2. The van der Waals surface area contributed by atoms with Crippen molar-refractivity contribution < 1.29 is 9.13 Å². The van der Waals surface area contributed by atoms with Crippen molar-refractivity contribution in [2.75, 3.05) is 7.11 Å². The van der Waals surface area contributed by atoms with Gasteiger partial charge in [0.15, 0.2) is 0 Å². The van der Waals surface area contributed by atoms with Gasteiger partial charge in [-0.15, -0.1) is 0 Å². The molecule has 2 N–H and O–H groups in total. The number of benzene rings is 3. The molecule has 4 aromatic rings. The van der Waals surface area contributed by atoms with Crippen LogP contribution in [0, 0.1) is 5.82 Å². The highest BCUT2D eigenvalue weighted by molar-refractivity contribution is 5.78. The third-order valence-corrected chi connectivity index (χ3v) is 4.04. The van der Waals surface area contributed by atoms with Crippen LogP contribution in [0.25, 0.3) is 16.7 Å². The summed E-state index contributed by atoms with van der Waals surface area (Å²) in [4.78, 5) is 4.42. The number of ether oxygens (including phenoxy) is 1. The number of imidazole rings is 1. The van der Waals surface area contributed by atoms with Crippen LogP contribution in [0.1, 0.15) is 11.4 Å². The summed E-state index contributed by atoms with van der Waals surface area (Å²) >= 11 is 0. The summed E-state index contributed by atoms with van der Waals surface area (Å²) in [5.41, 5.74) is 9.36. The van der Waals surface area contributed by atoms with E-state index in [1.807, 2.05) is 65.2 Å². The molecule has 0 saturated heterocycles. The quantitative estimate of drug-likeness (QED) is 0.582. The molecule has 1 aromatic heterocycles. The predicted octanol–water partition coefficient (Wildman–Crippen LogP) is 4.46. The first-order chi connectivity index (χ1) is 13.2. The number of halogens is 1. The van der Waals surface area contributed by atoms with Gasteiger partial charge in [-0.2, -0.15) is 0 Å². The van der Waals surface area contributed by atoms with E-state index >= 15 is 0 Å². The second kappa shape index (κ2) is 9.07. The minimum atomic E-state index is -0.275. The standard InChI is InChI=1S/C14H12FN3.C8H10O/c15-10-6-7-12-13(8-10)18(14(9-16)17-12)11-4-2-1-3-5-11;1-9-7-8-5-3-2-4-6-8/h1-8H,9,16H2;2-6H,7H2,1H3. The number of methoxy groups -OCH3 is 1. The van der Waals surface area contributed by atoms with E-state index in [1.165, 1.54) is 17.7 Å². The lowest BCUT2D eigenvalue weighted by atomic mass is 10.2. The largest absolute Gasteiger partial charge is 0.380 e. The van der Waals surface area contributed by atoms with Crippen LogP contribution >= 0.6 is 0 Å². The fraction of sp³-hybridized carbons (Fsp3) is 0.136. The number of fused-ring (bicyclic) bond motifs is 1. The highest BCUT2D eigenvalue weighted by Gasteiger charge is 2.11. The Hall–Kier alpha value is -3.02. The maximum absolute atomic E-state index is 13.4. The third-order valence-electron chi connectivity index (χ3n) is 4.04. The van der Waals surface area contributed by atoms with Gasteiger partial charge in [0.2, 0.25) is 0 Å². The molecule has 0 radical (unpaired) electrons. The van der Waals surface area contributed by atoms with Crippen molar-refractivity contribution in [2.24, 2.45) is 5.73 Å². The minimum absolute atomic E-state index is 0.275. The number of hydrogen-bond donors (Lipinski definition) is 1. The van der Waals surface area contributed by atoms with Gasteiger partial charge < -0.3 is 10.5 Å². The van der Waals surface area contributed by atoms with Crippen molar-refractivity contribution in [3.63, 3.8) is 0 Å². The van der Waals surface area contributed by atoms with Crippen molar-refractivity contribution in [3.8, 4) is 5.69 Å². The van der Waals surface area contributed by atoms with E-state index in [1.54, 1.807) is 13.2 Å². The highest BCUT2D eigenvalue weighted by Crippen LogP contribution is 2.22. The molecule has 0 aliphatic rings. The second-order valence-electron chi connectivity index (χ2n) is 5.95. The van der Waals surface area contributed by atoms with Gasteiger partial charge in [-0.3, -0.25) is 4.57 Å². The Morgan fingerprint density at radius 1 is 0.963 bits per heavy atom. The molecule has 0 aliphatic heterocycles. The summed E-state index contributed by atoms with van der Waals surface area (Å²) in [6, 6.07) is 24.4. The number of aromatic nitrogens is 2. The van der Waals surface area contributed by atoms with Crippen molar-refractivity contribution in [1.82, 2.24) is 9.55 Å². The maximum Gasteiger partial charge on any atom is 0.128 e. The Labute approximate surface area is 158 Å². The molecule has 0 bridgehead atoms. The Morgan fingerprint density at radius 3 is 2.26 bits per heavy atom. The fourth-order valence-corrected chi connectivity index (χ4v) is 2.84. The molecule has 0 saturated carbocycles. The van der Waals surface area contributed by atoms with E-state index in [9.17, 15) is 4.39 Å². The first-order valence-corrected chi connectivity index (χ1v) is 8.68. The maximum atomic E-state index is 13.4. The number of rotatable bonds is 4. The first-order valence-electron chi connectivity index (χ1n) is 8.68. The van der Waals surface area contributed by atoms with Crippen LogP contribution in [-0.4, -0.2) is 16.7 Å². The fourth-order valence-electron chi connectivity index (χ4n) is 2.84. The van der Waals surface area contributed by atoms with Crippen LogP contribution in [-0.2, 0) is 17.9 Å². The van der Waals surface area contributed by atoms with E-state index in [0.717, 1.165) is 22.5 Å². The van der Waals surface area contributed by atoms with Gasteiger partial charge in [-0.05, 0) is 29.8 Å². The van der Waals surface area contributed by atoms with Gasteiger partial charge in [-0.25, -0.2) is 9.37 Å². The molecule has 0 unspecified atom stereocenters. The zero-order chi connectivity index (χ0) is 19.1. The van der Waals surface area contributed by atoms with Crippen LogP contribution < -0.4 is 5.73 Å². The molecule has 0 amide bonds. The van der Waals surface area contributed by atoms with Crippen molar-refractivity contribution in [2.45, 2.75) is 13.2 Å². The van der Waals surface area contributed by atoms with Gasteiger partial charge >= 0.3 is 0 Å². The molecule has 1 heterocycles. The molecule has 27 heavy (non-hydrogen) atoms. The lowest BCUT2D eigenvalue weighted by Crippen LogP contribution is -2.06. The molecule has 4 nitrogen and oxygen atoms in total. The topological polar surface area (TPSA) is 53.1 Å². The predicted molar refractivity (Wildman–Crippen MR) is 106 cm³/mol. The summed E-state index contributed by atoms with van der Waals surface area (Å²) in [6.45, 7) is 1.02. The number of para-hydroxylation sites is 1. The van der Waals surface area contributed by atoms with Crippen LogP contribution in [0.3, 0.4) is 0 Å². The summed E-state index contributed by atoms with van der Waals surface area (Å²) in [5.74, 6) is 0.449. The molecule has 0 spiro atoms. The van der Waals surface area contributed by atoms with Crippen LogP contribution in [0.15, 0.2) is 78.9 Å². The van der Waals surface area contributed by atoms with E-state index in [0.29, 0.717) is 13.2 Å². The van der Waals surface area contributed by atoms with E-state index < -0.39 is 0 Å². The molecule has 0 aliphatic carbocycles. The lowest BCUT2D eigenvalue weighted by molar-refractivity contribution is 0.185. The molecular weight excluding hydrogens is 341 g/mol. The Morgan fingerprint density at radius 2 is 1.63 bits per heavy atom. The molecule has 0 fully saturated rings. The van der Waals surface area contributed by atoms with Gasteiger partial charge in [0.05, 0.1) is 24.2 Å². The molecule has 138 valence electrons. The Balaban J connectivity index is 0.000000197. The average molecular weight is 363 g/mol. The third kappa shape index (κ3) is 4.58. The van der Waals surface area contributed by atoms with Crippen molar-refractivity contribution in [1.29, 1.82) is 0 Å². The van der Waals surface area contributed by atoms with Gasteiger partial charge in [0, 0.05) is 18.9 Å². The van der Waals surface area contributed by atoms with Gasteiger partial charge in [0.25, 0.3) is 0 Å². The molecule has 5 heteroatoms. The van der Waals surface area contributed by atoms with E-state index in [4.69, 9.17) is 10.5 Å². The molecule has 4 rings (SSSR count). The highest BCUT2D eigenvalue weighted by atomic mass is 19.1. The summed E-state index contributed by atoms with van der Waals surface area (Å²) in [6.07, 6.45) is 0. The van der Waals surface area contributed by atoms with E-state index in [2.05, 4.69) is 4.98 Å². The molecule has 3 aromatic carbocycles. The molecular formula is C22H22FN3O. The number of hydrogen-bond acceptors (Lipinski definition) is 3. The van der Waals surface area contributed by atoms with Crippen LogP contribution in [0.5, 0.6) is 0 Å². The SMILES string of the molecule is COCc1ccccc1.NCc1nc2ccc(F)cc2n1-c1ccccc1. The molecule has 0 atom stereocenters. The summed E-state index contributed by atoms with van der Waals surface area (Å²) in [7, 11) is 1.70. The minimum Gasteiger partial charge on any atom is -0.380 e. The van der Waals surface area contributed by atoms with Crippen LogP contribution in [0.2, 0.25) is 0 Å². The Bertz CT molecular complexity index is 985. The monoisotopic (exact) mass is 363 g/mol. The van der Waals surface area contributed by atoms with Gasteiger partial charge in [-0.1, -0.05) is 48.5 Å². The summed E-state index contributed by atoms with van der Waals surface area (Å²) < 4.78 is 20.2. The van der Waals surface area contributed by atoms with Crippen molar-refractivity contribution >= 4 is 11.0 Å². The normalized spacial score (nSPS) is 10.5. The van der Waals surface area contributed by atoms with Gasteiger partial charge in [0.1, 0.15) is 11.6 Å². The van der Waals surface area contributed by atoms with Crippen LogP contribution in [0.4, 0.5) is 4.39 Å². The Kier molecular flexibility index (Phi) is 6.30. The van der Waals surface area contributed by atoms with Crippen molar-refractivity contribution in [3.05, 3.63) is 96.1 Å². The first kappa shape index (κ1) is 18.8. The number of nitrogens with two attached hydrogens (primary N) is 1. The van der Waals surface area contributed by atoms with E-state index in [-0.39, 0.29) is 5.82 Å². The lowest BCUT2D eigenvalue weighted by Gasteiger charge is -2.07. The zero-order valence-corrected chi connectivity index (χ0v) is 15.2. The smallest absolute Gasteiger partial charge is 0.128 e. The summed E-state index contributed by atoms with van der Waals surface area (Å²) in [5, 5.41) is 0. The average Bonchev–Trinajstić information content (AvgIpc) is 3.08.